The molecule has 0 atom stereocenters. The maximum absolute atomic E-state index is 11.9. The minimum absolute atomic E-state index is 0.0626. The molecule has 2 aromatic heterocycles. The van der Waals surface area contributed by atoms with Crippen LogP contribution in [0.3, 0.4) is 0 Å². The van der Waals surface area contributed by atoms with Gasteiger partial charge in [-0.3, -0.25) is 19.6 Å². The van der Waals surface area contributed by atoms with Crippen molar-refractivity contribution in [2.45, 2.75) is 26.3 Å². The Labute approximate surface area is 145 Å². The molecule has 0 spiro atoms. The van der Waals surface area contributed by atoms with E-state index in [0.717, 1.165) is 50.7 Å². The third-order valence-corrected chi connectivity index (χ3v) is 4.05. The zero-order valence-corrected chi connectivity index (χ0v) is 14.1. The highest BCUT2D eigenvalue weighted by Gasteiger charge is 2.21. The molecule has 0 aliphatic carbocycles. The fourth-order valence-electron chi connectivity index (χ4n) is 2.74. The van der Waals surface area contributed by atoms with E-state index in [0.29, 0.717) is 11.5 Å². The van der Waals surface area contributed by atoms with E-state index in [1.54, 1.807) is 6.07 Å². The molecule has 9 heteroatoms. The van der Waals surface area contributed by atoms with Crippen LogP contribution in [-0.4, -0.2) is 57.2 Å². The van der Waals surface area contributed by atoms with E-state index in [1.165, 1.54) is 12.5 Å². The van der Waals surface area contributed by atoms with Crippen LogP contribution in [0.1, 0.15) is 34.8 Å². The molecule has 3 heterocycles. The number of rotatable bonds is 5. The summed E-state index contributed by atoms with van der Waals surface area (Å²) in [5.74, 6) is 2.17. The van der Waals surface area contributed by atoms with E-state index in [4.69, 9.17) is 14.3 Å². The van der Waals surface area contributed by atoms with Gasteiger partial charge in [-0.05, 0) is 44.8 Å². The number of H-pyrrole nitrogens is 1. The number of aryl methyl sites for hydroxylation is 1. The lowest BCUT2D eigenvalue weighted by atomic mass is 9.96. The van der Waals surface area contributed by atoms with Crippen LogP contribution in [0.5, 0.6) is 0 Å². The topological polar surface area (TPSA) is 124 Å². The highest BCUT2D eigenvalue weighted by atomic mass is 16.3. The van der Waals surface area contributed by atoms with Gasteiger partial charge >= 0.3 is 0 Å². The molecule has 1 amide bonds. The van der Waals surface area contributed by atoms with Crippen LogP contribution >= 0.6 is 0 Å². The van der Waals surface area contributed by atoms with Crippen LogP contribution < -0.4 is 5.32 Å². The number of nitrogens with zero attached hydrogens (tertiary/aromatic N) is 3. The van der Waals surface area contributed by atoms with Crippen LogP contribution in [0.2, 0.25) is 0 Å². The fraction of sp³-hybridized carbons (Fsp3) is 0.500. The first-order valence-corrected chi connectivity index (χ1v) is 8.11. The number of piperidine rings is 1. The number of furan rings is 1. The SMILES string of the molecule is Cc1nc(CN2CCC(CNC(=O)c3ccoc3)CC2)n[nH]1.O=CO. The summed E-state index contributed by atoms with van der Waals surface area (Å²) >= 11 is 0. The molecule has 0 unspecified atom stereocenters. The van der Waals surface area contributed by atoms with Crippen molar-refractivity contribution in [1.82, 2.24) is 25.4 Å². The minimum atomic E-state index is -0.250. The quantitative estimate of drug-likeness (QED) is 0.689. The minimum Gasteiger partial charge on any atom is -0.483 e. The third kappa shape index (κ3) is 6.03. The molecule has 1 saturated heterocycles. The molecular formula is C16H23N5O4. The van der Waals surface area contributed by atoms with Crippen molar-refractivity contribution in [3.05, 3.63) is 35.8 Å². The number of hydrogen-bond donors (Lipinski definition) is 3. The Hall–Kier alpha value is -2.68. The average Bonchev–Trinajstić information content (AvgIpc) is 3.27. The molecule has 1 aliphatic rings. The number of carbonyl (C=O) groups is 2. The molecule has 3 N–H and O–H groups in total. The second-order valence-electron chi connectivity index (χ2n) is 5.88. The number of carbonyl (C=O) groups excluding carboxylic acids is 1. The molecule has 3 rings (SSSR count). The molecular weight excluding hydrogens is 326 g/mol. The van der Waals surface area contributed by atoms with Gasteiger partial charge in [-0.15, -0.1) is 0 Å². The number of carboxylic acid groups (broad SMARTS) is 1. The Bertz CT molecular complexity index is 647. The number of likely N-dealkylation sites (tertiary alicyclic amines) is 1. The summed E-state index contributed by atoms with van der Waals surface area (Å²) in [7, 11) is 0. The van der Waals surface area contributed by atoms with Gasteiger partial charge in [-0.25, -0.2) is 4.98 Å². The summed E-state index contributed by atoms with van der Waals surface area (Å²) in [5.41, 5.74) is 0.581. The van der Waals surface area contributed by atoms with Crippen LogP contribution in [0, 0.1) is 12.8 Å². The summed E-state index contributed by atoms with van der Waals surface area (Å²) in [6.45, 7) is 5.20. The van der Waals surface area contributed by atoms with Gasteiger partial charge in [-0.2, -0.15) is 5.10 Å². The van der Waals surface area contributed by atoms with Crippen LogP contribution in [-0.2, 0) is 11.3 Å². The van der Waals surface area contributed by atoms with Crippen molar-refractivity contribution >= 4 is 12.4 Å². The standard InChI is InChI=1S/C15H21N5O2.CH2O2/c1-11-17-14(19-18-11)9-20-5-2-12(3-6-20)8-16-15(21)13-4-7-22-10-13;2-1-3/h4,7,10,12H,2-3,5-6,8-9H2,1H3,(H,16,21)(H,17,18,19);1H,(H,2,3). The normalized spacial score (nSPS) is 15.2. The van der Waals surface area contributed by atoms with Crippen molar-refractivity contribution in [3.8, 4) is 0 Å². The molecule has 136 valence electrons. The highest BCUT2D eigenvalue weighted by molar-refractivity contribution is 5.93. The molecule has 0 radical (unpaired) electrons. The summed E-state index contributed by atoms with van der Waals surface area (Å²) < 4.78 is 4.92. The van der Waals surface area contributed by atoms with Crippen LogP contribution in [0.25, 0.3) is 0 Å². The van der Waals surface area contributed by atoms with Gasteiger partial charge in [0.05, 0.1) is 18.4 Å². The van der Waals surface area contributed by atoms with Crippen molar-refractivity contribution in [2.24, 2.45) is 5.92 Å². The van der Waals surface area contributed by atoms with Gasteiger partial charge in [-0.1, -0.05) is 0 Å². The van der Waals surface area contributed by atoms with Gasteiger partial charge < -0.3 is 14.8 Å². The maximum Gasteiger partial charge on any atom is 0.290 e. The average molecular weight is 349 g/mol. The predicted molar refractivity (Wildman–Crippen MR) is 88.9 cm³/mol. The van der Waals surface area contributed by atoms with Crippen LogP contribution in [0.15, 0.2) is 23.0 Å². The molecule has 0 saturated carbocycles. The Morgan fingerprint density at radius 1 is 1.52 bits per heavy atom. The third-order valence-electron chi connectivity index (χ3n) is 4.05. The monoisotopic (exact) mass is 349 g/mol. The van der Waals surface area contributed by atoms with Gasteiger partial charge in [0.25, 0.3) is 12.4 Å². The highest BCUT2D eigenvalue weighted by Crippen LogP contribution is 2.17. The Kier molecular flexibility index (Phi) is 7.15. The lowest BCUT2D eigenvalue weighted by Crippen LogP contribution is -2.38. The number of amides is 1. The zero-order chi connectivity index (χ0) is 18.1. The van der Waals surface area contributed by atoms with Crippen molar-refractivity contribution in [1.29, 1.82) is 0 Å². The summed E-state index contributed by atoms with van der Waals surface area (Å²) in [5, 5.41) is 16.9. The van der Waals surface area contributed by atoms with E-state index >= 15 is 0 Å². The molecule has 1 fully saturated rings. The van der Waals surface area contributed by atoms with E-state index < -0.39 is 0 Å². The van der Waals surface area contributed by atoms with Crippen molar-refractivity contribution in [3.63, 3.8) is 0 Å². The molecule has 1 aliphatic heterocycles. The smallest absolute Gasteiger partial charge is 0.290 e. The van der Waals surface area contributed by atoms with E-state index in [-0.39, 0.29) is 12.4 Å². The zero-order valence-electron chi connectivity index (χ0n) is 14.1. The maximum atomic E-state index is 11.9. The second-order valence-corrected chi connectivity index (χ2v) is 5.88. The fourth-order valence-corrected chi connectivity index (χ4v) is 2.74. The van der Waals surface area contributed by atoms with Gasteiger partial charge in [0.2, 0.25) is 0 Å². The Morgan fingerprint density at radius 3 is 2.80 bits per heavy atom. The lowest BCUT2D eigenvalue weighted by molar-refractivity contribution is -0.122. The molecule has 9 nitrogen and oxygen atoms in total. The van der Waals surface area contributed by atoms with Gasteiger partial charge in [0.1, 0.15) is 12.1 Å². The van der Waals surface area contributed by atoms with Crippen LogP contribution in [0.4, 0.5) is 0 Å². The molecule has 2 aromatic rings. The number of hydrogen-bond acceptors (Lipinski definition) is 6. The van der Waals surface area contributed by atoms with Crippen molar-refractivity contribution < 1.29 is 19.1 Å². The number of nitrogens with one attached hydrogen (secondary N) is 2. The Morgan fingerprint density at radius 2 is 2.24 bits per heavy atom. The molecule has 0 bridgehead atoms. The summed E-state index contributed by atoms with van der Waals surface area (Å²) in [6.07, 6.45) is 5.14. The Balaban J connectivity index is 0.000000701. The lowest BCUT2D eigenvalue weighted by Gasteiger charge is -2.31. The number of aromatic nitrogens is 3. The largest absolute Gasteiger partial charge is 0.483 e. The molecule has 25 heavy (non-hydrogen) atoms. The first kappa shape index (κ1) is 18.7. The van der Waals surface area contributed by atoms with Gasteiger partial charge in [0, 0.05) is 6.54 Å². The first-order chi connectivity index (χ1) is 12.1. The first-order valence-electron chi connectivity index (χ1n) is 8.11. The van der Waals surface area contributed by atoms with E-state index in [2.05, 4.69) is 25.4 Å². The van der Waals surface area contributed by atoms with Gasteiger partial charge in [0.15, 0.2) is 5.82 Å². The second kappa shape index (κ2) is 9.58. The number of aromatic amines is 1. The summed E-state index contributed by atoms with van der Waals surface area (Å²) in [4.78, 5) is 26.9. The molecule has 0 aromatic carbocycles. The van der Waals surface area contributed by atoms with Crippen molar-refractivity contribution in [2.75, 3.05) is 19.6 Å². The van der Waals surface area contributed by atoms with E-state index in [9.17, 15) is 4.79 Å². The summed E-state index contributed by atoms with van der Waals surface area (Å²) in [6, 6.07) is 1.68. The van der Waals surface area contributed by atoms with E-state index in [1.807, 2.05) is 6.92 Å². The predicted octanol–water partition coefficient (Wildman–Crippen LogP) is 1.05.